The lowest BCUT2D eigenvalue weighted by Gasteiger charge is -2.12. The van der Waals surface area contributed by atoms with E-state index in [1.54, 1.807) is 12.3 Å². The standard InChI is InChI=1S/C13H15F3N4/c1-9(17-2)6-12-8-18-19-20(12)11-5-3-4-10(7-11)13(14,15)16/h3-5,7-9,17H,6H2,1-2H3. The number of alkyl halides is 3. The molecule has 0 bridgehead atoms. The molecule has 0 aliphatic carbocycles. The normalized spacial score (nSPS) is 13.4. The summed E-state index contributed by atoms with van der Waals surface area (Å²) in [5.74, 6) is 0. The average molecular weight is 284 g/mol. The molecule has 20 heavy (non-hydrogen) atoms. The second-order valence-electron chi connectivity index (χ2n) is 4.58. The smallest absolute Gasteiger partial charge is 0.317 e. The van der Waals surface area contributed by atoms with Gasteiger partial charge in [-0.15, -0.1) is 5.10 Å². The second-order valence-corrected chi connectivity index (χ2v) is 4.58. The van der Waals surface area contributed by atoms with Gasteiger partial charge in [0.05, 0.1) is 23.1 Å². The van der Waals surface area contributed by atoms with E-state index in [9.17, 15) is 13.2 Å². The van der Waals surface area contributed by atoms with Gasteiger partial charge in [-0.2, -0.15) is 13.2 Å². The van der Waals surface area contributed by atoms with Gasteiger partial charge in [0.25, 0.3) is 0 Å². The Morgan fingerprint density at radius 3 is 2.75 bits per heavy atom. The molecule has 0 fully saturated rings. The Kier molecular flexibility index (Phi) is 4.08. The minimum atomic E-state index is -4.37. The fourth-order valence-corrected chi connectivity index (χ4v) is 1.84. The zero-order valence-electron chi connectivity index (χ0n) is 11.1. The summed E-state index contributed by atoms with van der Waals surface area (Å²) in [5.41, 5.74) is 0.417. The highest BCUT2D eigenvalue weighted by Gasteiger charge is 2.30. The van der Waals surface area contributed by atoms with Crippen LogP contribution in [-0.2, 0) is 12.6 Å². The summed E-state index contributed by atoms with van der Waals surface area (Å²) < 4.78 is 39.6. The molecule has 1 N–H and O–H groups in total. The molecule has 1 heterocycles. The number of halogens is 3. The summed E-state index contributed by atoms with van der Waals surface area (Å²) in [6, 6.07) is 5.24. The van der Waals surface area contributed by atoms with Crippen LogP contribution in [0, 0.1) is 0 Å². The molecule has 2 aromatic rings. The van der Waals surface area contributed by atoms with Crippen molar-refractivity contribution in [1.29, 1.82) is 0 Å². The molecule has 108 valence electrons. The Morgan fingerprint density at radius 1 is 1.35 bits per heavy atom. The Hall–Kier alpha value is -1.89. The summed E-state index contributed by atoms with van der Waals surface area (Å²) in [7, 11) is 1.82. The molecule has 0 saturated carbocycles. The first-order valence-electron chi connectivity index (χ1n) is 6.16. The van der Waals surface area contributed by atoms with Crippen molar-refractivity contribution >= 4 is 0 Å². The molecular weight excluding hydrogens is 269 g/mol. The first-order chi connectivity index (χ1) is 9.41. The molecule has 0 spiro atoms. The predicted octanol–water partition coefficient (Wildman–Crippen LogP) is 2.44. The summed E-state index contributed by atoms with van der Waals surface area (Å²) in [4.78, 5) is 0. The van der Waals surface area contributed by atoms with Gasteiger partial charge in [-0.3, -0.25) is 0 Å². The molecule has 0 aliphatic rings. The van der Waals surface area contributed by atoms with E-state index in [1.165, 1.54) is 10.7 Å². The lowest BCUT2D eigenvalue weighted by atomic mass is 10.1. The van der Waals surface area contributed by atoms with Crippen LogP contribution in [-0.4, -0.2) is 28.1 Å². The highest BCUT2D eigenvalue weighted by molar-refractivity contribution is 5.37. The number of rotatable bonds is 4. The Labute approximate surface area is 114 Å². The van der Waals surface area contributed by atoms with E-state index in [-0.39, 0.29) is 6.04 Å². The number of aromatic nitrogens is 3. The van der Waals surface area contributed by atoms with Crippen molar-refractivity contribution in [1.82, 2.24) is 20.3 Å². The van der Waals surface area contributed by atoms with Crippen LogP contribution in [0.1, 0.15) is 18.2 Å². The minimum absolute atomic E-state index is 0.179. The van der Waals surface area contributed by atoms with Crippen LogP contribution in [0.2, 0.25) is 0 Å². The van der Waals surface area contributed by atoms with Crippen LogP contribution in [0.15, 0.2) is 30.5 Å². The molecule has 1 unspecified atom stereocenters. The van der Waals surface area contributed by atoms with Gasteiger partial charge in [0.1, 0.15) is 0 Å². The minimum Gasteiger partial charge on any atom is -0.317 e. The maximum Gasteiger partial charge on any atom is 0.416 e. The predicted molar refractivity (Wildman–Crippen MR) is 68.6 cm³/mol. The van der Waals surface area contributed by atoms with Crippen LogP contribution >= 0.6 is 0 Å². The first kappa shape index (κ1) is 14.5. The summed E-state index contributed by atoms with van der Waals surface area (Å²) in [6.07, 6.45) is -2.18. The average Bonchev–Trinajstić information content (AvgIpc) is 2.86. The zero-order valence-corrected chi connectivity index (χ0v) is 11.1. The molecule has 4 nitrogen and oxygen atoms in total. The molecule has 1 atom stereocenters. The van der Waals surface area contributed by atoms with E-state index in [4.69, 9.17) is 0 Å². The van der Waals surface area contributed by atoms with E-state index in [0.717, 1.165) is 17.8 Å². The van der Waals surface area contributed by atoms with Gasteiger partial charge in [-0.25, -0.2) is 4.68 Å². The van der Waals surface area contributed by atoms with Crippen molar-refractivity contribution in [3.63, 3.8) is 0 Å². The van der Waals surface area contributed by atoms with Crippen LogP contribution in [0.5, 0.6) is 0 Å². The molecule has 0 saturated heterocycles. The number of hydrogen-bond acceptors (Lipinski definition) is 3. The van der Waals surface area contributed by atoms with Gasteiger partial charge in [-0.1, -0.05) is 11.3 Å². The zero-order chi connectivity index (χ0) is 14.8. The third kappa shape index (κ3) is 3.16. The van der Waals surface area contributed by atoms with Crippen LogP contribution < -0.4 is 5.32 Å². The molecule has 0 amide bonds. The van der Waals surface area contributed by atoms with E-state index >= 15 is 0 Å². The second kappa shape index (κ2) is 5.62. The third-order valence-electron chi connectivity index (χ3n) is 3.05. The maximum atomic E-state index is 12.7. The highest BCUT2D eigenvalue weighted by atomic mass is 19.4. The van der Waals surface area contributed by atoms with Gasteiger partial charge in [0.15, 0.2) is 0 Å². The molecule has 0 radical (unpaired) electrons. The Bertz CT molecular complexity index is 577. The molecule has 2 rings (SSSR count). The number of benzene rings is 1. The van der Waals surface area contributed by atoms with Crippen LogP contribution in [0.25, 0.3) is 5.69 Å². The molecular formula is C13H15F3N4. The monoisotopic (exact) mass is 284 g/mol. The topological polar surface area (TPSA) is 42.7 Å². The van der Waals surface area contributed by atoms with E-state index in [1.807, 2.05) is 14.0 Å². The van der Waals surface area contributed by atoms with Gasteiger partial charge < -0.3 is 5.32 Å². The summed E-state index contributed by atoms with van der Waals surface area (Å²) >= 11 is 0. The van der Waals surface area contributed by atoms with Crippen molar-refractivity contribution in [3.05, 3.63) is 41.7 Å². The van der Waals surface area contributed by atoms with Crippen LogP contribution in [0.4, 0.5) is 13.2 Å². The number of nitrogens with zero attached hydrogens (tertiary/aromatic N) is 3. The van der Waals surface area contributed by atoms with Gasteiger partial charge in [0.2, 0.25) is 0 Å². The van der Waals surface area contributed by atoms with Crippen molar-refractivity contribution in [3.8, 4) is 5.69 Å². The van der Waals surface area contributed by atoms with Crippen molar-refractivity contribution in [2.75, 3.05) is 7.05 Å². The van der Waals surface area contributed by atoms with Gasteiger partial charge in [-0.05, 0) is 32.2 Å². The summed E-state index contributed by atoms with van der Waals surface area (Å²) in [5, 5.41) is 10.7. The molecule has 1 aromatic carbocycles. The van der Waals surface area contributed by atoms with E-state index in [2.05, 4.69) is 15.6 Å². The Balaban J connectivity index is 2.35. The van der Waals surface area contributed by atoms with Gasteiger partial charge in [0, 0.05) is 12.5 Å². The fraction of sp³-hybridized carbons (Fsp3) is 0.385. The van der Waals surface area contributed by atoms with Crippen LogP contribution in [0.3, 0.4) is 0 Å². The van der Waals surface area contributed by atoms with Crippen molar-refractivity contribution < 1.29 is 13.2 Å². The van der Waals surface area contributed by atoms with Crippen molar-refractivity contribution in [2.24, 2.45) is 0 Å². The van der Waals surface area contributed by atoms with E-state index < -0.39 is 11.7 Å². The largest absolute Gasteiger partial charge is 0.416 e. The SMILES string of the molecule is CNC(C)Cc1cnnn1-c1cccc(C(F)(F)F)c1. The molecule has 0 aliphatic heterocycles. The number of hydrogen-bond donors (Lipinski definition) is 1. The number of likely N-dealkylation sites (N-methyl/N-ethyl adjacent to an activating group) is 1. The number of nitrogens with one attached hydrogen (secondary N) is 1. The highest BCUT2D eigenvalue weighted by Crippen LogP contribution is 2.30. The lowest BCUT2D eigenvalue weighted by Crippen LogP contribution is -2.24. The first-order valence-corrected chi connectivity index (χ1v) is 6.16. The lowest BCUT2D eigenvalue weighted by molar-refractivity contribution is -0.137. The quantitative estimate of drug-likeness (QED) is 0.937. The molecule has 1 aromatic heterocycles. The molecule has 7 heteroatoms. The fourth-order valence-electron chi connectivity index (χ4n) is 1.84. The summed E-state index contributed by atoms with van der Waals surface area (Å²) in [6.45, 7) is 1.98. The Morgan fingerprint density at radius 2 is 2.10 bits per heavy atom. The third-order valence-corrected chi connectivity index (χ3v) is 3.05. The maximum absolute atomic E-state index is 12.7. The van der Waals surface area contributed by atoms with E-state index in [0.29, 0.717) is 12.1 Å². The van der Waals surface area contributed by atoms with Gasteiger partial charge >= 0.3 is 6.18 Å². The van der Waals surface area contributed by atoms with Crippen molar-refractivity contribution in [2.45, 2.75) is 25.6 Å².